The Morgan fingerprint density at radius 2 is 0.818 bits per heavy atom. The number of aromatic amines is 2. The number of pyridine rings is 5. The van der Waals surface area contributed by atoms with Crippen molar-refractivity contribution in [3.63, 3.8) is 0 Å². The molecule has 0 radical (unpaired) electrons. The van der Waals surface area contributed by atoms with Crippen LogP contribution in [0, 0.1) is 56.8 Å². The number of aromatic hydroxyl groups is 1. The first kappa shape index (κ1) is 101. The summed E-state index contributed by atoms with van der Waals surface area (Å²) < 4.78 is 89.4. The van der Waals surface area contributed by atoms with E-state index in [1.165, 1.54) is 91.7 Å². The number of halogens is 7. The van der Waals surface area contributed by atoms with Gasteiger partial charge in [-0.25, -0.2) is 31.9 Å². The summed E-state index contributed by atoms with van der Waals surface area (Å²) in [5.74, 6) is -7.63. The maximum atomic E-state index is 18.2. The van der Waals surface area contributed by atoms with Gasteiger partial charge in [0.25, 0.3) is 34.4 Å². The number of benzene rings is 6. The number of phenolic OH excluding ortho intramolecular Hbond substituents is 1. The van der Waals surface area contributed by atoms with E-state index in [4.69, 9.17) is 28.9 Å². The number of anilines is 7. The molecule has 14 heterocycles. The van der Waals surface area contributed by atoms with Gasteiger partial charge < -0.3 is 54.9 Å². The first-order valence-corrected chi connectivity index (χ1v) is 49.8. The number of hydrogen-bond donors (Lipinski definition) is 4. The van der Waals surface area contributed by atoms with Crippen LogP contribution < -0.4 is 51.8 Å². The Kier molecular flexibility index (Phi) is 25.8. The average Bonchev–Trinajstić information content (AvgIpc) is 1.09. The Labute approximate surface area is 857 Å². The summed E-state index contributed by atoms with van der Waals surface area (Å²) in [7, 11) is 4.49. The van der Waals surface area contributed by atoms with E-state index in [9.17, 15) is 33.9 Å². The third kappa shape index (κ3) is 15.7. The van der Waals surface area contributed by atoms with Crippen molar-refractivity contribution < 1.29 is 55.8 Å². The number of aryl methyl sites for hydroxylation is 4. The van der Waals surface area contributed by atoms with Gasteiger partial charge in [0.05, 0.1) is 131 Å². The standard InChI is InChI=1S/C39H39ClFN7O3.C36H36F2N8O3.C35H35ClF2N6O4/c1-8-27(49)46-17-26-38(50)45(7)37-36(47(26)16-21(46)6)23-15-24(40)29(28-19(4)9-12-25-30(28)33(44-43-25)22-10-11-22)31(41)35(23)48(39(37)51)34-20(5)13-14-42-32(34)18(2)3;1-8-24(47)44-15-23-35(48)43(7)33-32(45(23)14-19(44)6)20-13-21(37)26(25-17(4)9-10-22-27(25)34(39)42-41-22)28(38)31(20)46(36(33)49)30-18(5)11-12-40-29(30)16(2)3;1-8-24(46)42-14-22-34(47)41(7)33-31(43(22)13-18(42)6)19-12-20(36)25(26-21(37)10-9-11-23(26)45)27(38)30(19)44(35(33)48)32-28(16(2)3)39-15-40-29(32)17(4)5/h8-9,12-15,18,21-22,26H,1,10-11,16-17H2,2-7H3,(H,43,44);8-13,16,19,23H,1,14-15H2,2-7H3,(H3,39,41,42);8-12,15-18,22,45H,1,13-14H2,2-7H3. The normalized spacial score (nSPS) is 18.1. The van der Waals surface area contributed by atoms with Crippen molar-refractivity contribution >= 4 is 153 Å². The molecule has 148 heavy (non-hydrogen) atoms. The van der Waals surface area contributed by atoms with Gasteiger partial charge in [0.15, 0.2) is 23.3 Å². The summed E-state index contributed by atoms with van der Waals surface area (Å²) in [4.78, 5) is 158. The third-order valence-corrected chi connectivity index (χ3v) is 30.5. The second-order valence-electron chi connectivity index (χ2n) is 40.5. The number of aromatic nitrogens is 11. The van der Waals surface area contributed by atoms with Gasteiger partial charge in [-0.1, -0.05) is 117 Å². The van der Waals surface area contributed by atoms with E-state index in [-0.39, 0.29) is 187 Å². The van der Waals surface area contributed by atoms with Crippen molar-refractivity contribution in [3.8, 4) is 56.2 Å². The van der Waals surface area contributed by atoms with Gasteiger partial charge >= 0.3 is 0 Å². The first-order valence-electron chi connectivity index (χ1n) is 49.0. The molecule has 21 rings (SSSR count). The van der Waals surface area contributed by atoms with Crippen LogP contribution in [0.25, 0.3) is 105 Å². The lowest BCUT2D eigenvalue weighted by molar-refractivity contribution is -0.132. The molecule has 7 aliphatic rings. The van der Waals surface area contributed by atoms with Gasteiger partial charge in [0.1, 0.15) is 58.9 Å². The smallest absolute Gasteiger partial charge is 0.281 e. The molecule has 0 spiro atoms. The fraction of sp³-hybridized carbons (Fsp3) is 0.336. The zero-order chi connectivity index (χ0) is 106. The van der Waals surface area contributed by atoms with Gasteiger partial charge in [0, 0.05) is 127 Å². The number of nitrogens with zero attached hydrogens (tertiary/aromatic N) is 18. The first-order chi connectivity index (χ1) is 70.3. The Hall–Kier alpha value is -15.5. The number of fused-ring (bicyclic) bond motifs is 17. The second-order valence-corrected chi connectivity index (χ2v) is 41.3. The summed E-state index contributed by atoms with van der Waals surface area (Å²) in [5.41, 5.74) is 12.6. The van der Waals surface area contributed by atoms with Crippen LogP contribution in [0.4, 0.5) is 61.9 Å². The molecule has 14 aromatic rings. The highest BCUT2D eigenvalue weighted by Crippen LogP contribution is 2.55. The highest BCUT2D eigenvalue weighted by atomic mass is 35.5. The molecule has 0 bridgehead atoms. The number of carbonyl (C=O) groups excluding carboxylic acids is 6. The number of nitrogens with one attached hydrogen (secondary N) is 2. The topological polar surface area (TPSA) is 353 Å². The van der Waals surface area contributed by atoms with Gasteiger partial charge in [-0.2, -0.15) is 10.2 Å². The highest BCUT2D eigenvalue weighted by Gasteiger charge is 2.52. The maximum absolute atomic E-state index is 18.2. The molecule has 38 heteroatoms. The molecule has 3 saturated heterocycles. The van der Waals surface area contributed by atoms with Gasteiger partial charge in [-0.3, -0.25) is 77.0 Å². The Balaban J connectivity index is 0.000000140. The quantitative estimate of drug-likeness (QED) is 0.0580. The van der Waals surface area contributed by atoms with Crippen molar-refractivity contribution in [2.24, 2.45) is 0 Å². The predicted octanol–water partition coefficient (Wildman–Crippen LogP) is 17.9. The van der Waals surface area contributed by atoms with E-state index in [0.717, 1.165) is 45.7 Å². The molecule has 31 nitrogen and oxygen atoms in total. The molecular formula is C110H110Cl2F5N21O10. The number of carbonyl (C=O) groups is 6. The molecule has 1 aliphatic carbocycles. The third-order valence-electron chi connectivity index (χ3n) is 29.9. The van der Waals surface area contributed by atoms with E-state index in [2.05, 4.69) is 60.1 Å². The van der Waals surface area contributed by atoms with Crippen LogP contribution >= 0.6 is 23.2 Å². The van der Waals surface area contributed by atoms with Gasteiger partial charge in [0.2, 0.25) is 17.7 Å². The number of piperazine rings is 3. The molecule has 6 atom stereocenters. The highest BCUT2D eigenvalue weighted by molar-refractivity contribution is 6.36. The summed E-state index contributed by atoms with van der Waals surface area (Å²) in [6.07, 6.45) is 10.3. The maximum Gasteiger partial charge on any atom is 0.281 e. The molecule has 6 unspecified atom stereocenters. The number of phenols is 1. The molecule has 8 aromatic heterocycles. The number of rotatable bonds is 14. The molecule has 6 aromatic carbocycles. The monoisotopic (exact) mass is 2050 g/mol. The summed E-state index contributed by atoms with van der Waals surface area (Å²) in [5, 5.41) is 27.2. The second kappa shape index (κ2) is 37.8. The number of H-pyrrole nitrogens is 2. The fourth-order valence-corrected chi connectivity index (χ4v) is 23.2. The largest absolute Gasteiger partial charge is 0.507 e. The van der Waals surface area contributed by atoms with Crippen LogP contribution in [-0.2, 0) is 28.8 Å². The predicted molar refractivity (Wildman–Crippen MR) is 566 cm³/mol. The summed E-state index contributed by atoms with van der Waals surface area (Å²) in [6.45, 7) is 39.5. The minimum atomic E-state index is -1.06. The lowest BCUT2D eigenvalue weighted by Crippen LogP contribution is -2.66. The van der Waals surface area contributed by atoms with Gasteiger partial charge in [-0.05, 0) is 180 Å². The summed E-state index contributed by atoms with van der Waals surface area (Å²) >= 11 is 14.0. The van der Waals surface area contributed by atoms with Crippen LogP contribution in [-0.4, -0.2) is 206 Å². The minimum Gasteiger partial charge on any atom is -0.507 e. The number of amides is 6. The number of nitrogens with two attached hydrogens (primary N) is 1. The van der Waals surface area contributed by atoms with Crippen molar-refractivity contribution in [1.82, 2.24) is 68.7 Å². The van der Waals surface area contributed by atoms with Crippen LogP contribution in [0.5, 0.6) is 5.75 Å². The molecule has 5 N–H and O–H groups in total. The van der Waals surface area contributed by atoms with Crippen molar-refractivity contribution in [3.05, 3.63) is 250 Å². The Bertz CT molecular complexity index is 8310. The fourth-order valence-electron chi connectivity index (χ4n) is 22.6. The van der Waals surface area contributed by atoms with Crippen molar-refractivity contribution in [1.29, 1.82) is 0 Å². The van der Waals surface area contributed by atoms with Crippen molar-refractivity contribution in [2.75, 3.05) is 95.5 Å². The lowest BCUT2D eigenvalue weighted by atomic mass is 9.91. The zero-order valence-electron chi connectivity index (χ0n) is 84.9. The van der Waals surface area contributed by atoms with Crippen molar-refractivity contribution in [2.45, 2.75) is 183 Å². The molecule has 6 amide bonds. The van der Waals surface area contributed by atoms with Gasteiger partial charge in [-0.15, -0.1) is 0 Å². The minimum absolute atomic E-state index is 0.00186. The van der Waals surface area contributed by atoms with Crippen LogP contribution in [0.15, 0.2) is 144 Å². The van der Waals surface area contributed by atoms with E-state index < -0.39 is 105 Å². The Morgan fingerprint density at radius 3 is 1.22 bits per heavy atom. The van der Waals surface area contributed by atoms with E-state index >= 15 is 36.3 Å². The molecule has 1 saturated carbocycles. The summed E-state index contributed by atoms with van der Waals surface area (Å²) in [6, 6.07) is 15.0. The molecule has 4 fully saturated rings. The van der Waals surface area contributed by atoms with Crippen LogP contribution in [0.2, 0.25) is 10.0 Å². The molecule has 6 aliphatic heterocycles. The SMILES string of the molecule is C=CC(=O)N1CC2C(=O)N(C)c3c(c4cc(Cl)c(-c5c(C)ccc6n[nH]c(C7CC7)c56)c(F)c4n(-c4c(C)ccnc4C(C)C)c3=O)N2CC1C.C=CC(=O)N1CC2C(=O)N(C)c3c(c4cc(Cl)c(-c5c(O)cccc5F)c(F)c4n(-c4c(C(C)C)ncnc4C(C)C)c3=O)N2CC1C.C=CC(=O)N1CC2C(=O)N(C)c3c(c4cc(F)c(-c5c(C)ccc6[nH]nc(N)c56)c(F)c4n(-c4c(C)ccnc4C(C)C)c3=O)N2CC1C. The number of hydrogen-bond acceptors (Lipinski definition) is 20. The van der Waals surface area contributed by atoms with Crippen LogP contribution in [0.3, 0.4) is 0 Å². The van der Waals surface area contributed by atoms with E-state index in [0.29, 0.717) is 84.3 Å². The lowest BCUT2D eigenvalue weighted by Gasteiger charge is -2.50. The number of nitrogen functional groups attached to an aromatic ring is 1. The molecule has 764 valence electrons. The molecular weight excluding hydrogens is 1940 g/mol. The van der Waals surface area contributed by atoms with E-state index in [1.54, 1.807) is 90.1 Å². The average molecular weight is 2050 g/mol. The zero-order valence-corrected chi connectivity index (χ0v) is 86.4. The van der Waals surface area contributed by atoms with E-state index in [1.807, 2.05) is 100 Å². The van der Waals surface area contributed by atoms with Crippen LogP contribution in [0.1, 0.15) is 169 Å². The number of likely N-dealkylation sites (N-methyl/N-ethyl adjacent to an activating group) is 3. The Morgan fingerprint density at radius 1 is 0.439 bits per heavy atom.